The molecule has 120 valence electrons. The minimum Gasteiger partial charge on any atom is -0.289 e. The molecule has 1 N–H and O–H groups in total. The van der Waals surface area contributed by atoms with Crippen LogP contribution >= 0.6 is 0 Å². The third-order valence-corrected chi connectivity index (χ3v) is 2.83. The Hall–Kier alpha value is -2.49. The molecule has 0 aliphatic carbocycles. The molecule has 1 aromatic carbocycles. The Morgan fingerprint density at radius 3 is 2.50 bits per heavy atom. The number of carbonyl (C=O) groups is 2. The number of benzene rings is 1. The molecular weight excluding hydrogens is 309 g/mol. The molecule has 1 amide bonds. The summed E-state index contributed by atoms with van der Waals surface area (Å²) in [5.74, 6) is -4.03. The van der Waals surface area contributed by atoms with E-state index in [0.29, 0.717) is 0 Å². The summed E-state index contributed by atoms with van der Waals surface area (Å²) in [6.45, 7) is -0.923. The fourth-order valence-corrected chi connectivity index (χ4v) is 1.87. The summed E-state index contributed by atoms with van der Waals surface area (Å²) in [7, 11) is 0. The van der Waals surface area contributed by atoms with Gasteiger partial charge in [0.2, 0.25) is 12.2 Å². The lowest BCUT2D eigenvalue weighted by Gasteiger charge is -2.20. The Bertz CT molecular complexity index is 576. The van der Waals surface area contributed by atoms with Crippen LogP contribution in [0.15, 0.2) is 24.3 Å². The molecule has 1 atom stereocenters. The highest BCUT2D eigenvalue weighted by Crippen LogP contribution is 2.27. The number of halogens is 3. The zero-order valence-corrected chi connectivity index (χ0v) is 11.0. The van der Waals surface area contributed by atoms with E-state index >= 15 is 0 Å². The standard InChI is InChI=1S/C12H11F3N2O5/c13-12(14,15)11(19)9(6-16(20)7-18)5-8-3-1-2-4-10(8)17(21)22/h1-4,7,9,20H,5-6H2. The lowest BCUT2D eigenvalue weighted by atomic mass is 9.93. The average Bonchev–Trinajstić information content (AvgIpc) is 2.44. The van der Waals surface area contributed by atoms with Crippen LogP contribution in [0.5, 0.6) is 0 Å². The van der Waals surface area contributed by atoms with Crippen LogP contribution in [-0.2, 0) is 16.0 Å². The molecular formula is C12H11F3N2O5. The first-order valence-electron chi connectivity index (χ1n) is 5.91. The van der Waals surface area contributed by atoms with Crippen molar-refractivity contribution in [3.63, 3.8) is 0 Å². The third kappa shape index (κ3) is 4.52. The minimum atomic E-state index is -5.18. The number of para-hydroxylation sites is 1. The molecule has 0 saturated heterocycles. The molecule has 1 aromatic rings. The summed E-state index contributed by atoms with van der Waals surface area (Å²) in [4.78, 5) is 31.7. The van der Waals surface area contributed by atoms with Crippen LogP contribution in [0.2, 0.25) is 0 Å². The van der Waals surface area contributed by atoms with Gasteiger partial charge in [-0.05, 0) is 6.42 Å². The molecule has 0 spiro atoms. The average molecular weight is 320 g/mol. The van der Waals surface area contributed by atoms with Gasteiger partial charge in [0.05, 0.1) is 17.4 Å². The summed E-state index contributed by atoms with van der Waals surface area (Å²) in [6.07, 6.45) is -5.98. The molecule has 0 fully saturated rings. The maximum Gasteiger partial charge on any atom is 0.450 e. The van der Waals surface area contributed by atoms with E-state index in [0.717, 1.165) is 6.07 Å². The van der Waals surface area contributed by atoms with Crippen molar-refractivity contribution >= 4 is 17.9 Å². The van der Waals surface area contributed by atoms with Crippen molar-refractivity contribution in [2.24, 2.45) is 5.92 Å². The van der Waals surface area contributed by atoms with Gasteiger partial charge in [0.25, 0.3) is 5.69 Å². The van der Waals surface area contributed by atoms with E-state index < -0.39 is 41.5 Å². The van der Waals surface area contributed by atoms with Crippen LogP contribution in [0.25, 0.3) is 0 Å². The smallest absolute Gasteiger partial charge is 0.289 e. The van der Waals surface area contributed by atoms with Gasteiger partial charge in [-0.15, -0.1) is 0 Å². The van der Waals surface area contributed by atoms with E-state index in [9.17, 15) is 32.9 Å². The summed E-state index contributed by atoms with van der Waals surface area (Å²) in [6, 6.07) is 4.98. The Kier molecular flexibility index (Phi) is 5.57. The quantitative estimate of drug-likeness (QED) is 0.357. The lowest BCUT2D eigenvalue weighted by Crippen LogP contribution is -2.38. The number of nitro groups is 1. The zero-order valence-electron chi connectivity index (χ0n) is 11.0. The second kappa shape index (κ2) is 6.98. The first kappa shape index (κ1) is 17.6. The predicted molar refractivity (Wildman–Crippen MR) is 65.9 cm³/mol. The molecule has 0 heterocycles. The van der Waals surface area contributed by atoms with Crippen molar-refractivity contribution in [1.29, 1.82) is 0 Å². The van der Waals surface area contributed by atoms with Crippen LogP contribution in [0.3, 0.4) is 0 Å². The van der Waals surface area contributed by atoms with Gasteiger partial charge in [0.1, 0.15) is 0 Å². The first-order valence-corrected chi connectivity index (χ1v) is 5.91. The minimum absolute atomic E-state index is 0.102. The number of hydrogen-bond acceptors (Lipinski definition) is 5. The Morgan fingerprint density at radius 1 is 1.41 bits per heavy atom. The SMILES string of the molecule is O=CN(O)CC(Cc1ccccc1[N+](=O)[O-])C(=O)C(F)(F)F. The van der Waals surface area contributed by atoms with Crippen molar-refractivity contribution < 1.29 is 32.9 Å². The van der Waals surface area contributed by atoms with Gasteiger partial charge >= 0.3 is 6.18 Å². The van der Waals surface area contributed by atoms with E-state index in [4.69, 9.17) is 5.21 Å². The number of hydroxylamine groups is 2. The molecule has 0 aliphatic heterocycles. The molecule has 1 unspecified atom stereocenters. The second-order valence-electron chi connectivity index (χ2n) is 4.38. The number of alkyl halides is 3. The van der Waals surface area contributed by atoms with Gasteiger partial charge in [0.15, 0.2) is 0 Å². The molecule has 0 radical (unpaired) electrons. The Morgan fingerprint density at radius 2 is 2.00 bits per heavy atom. The Labute approximate surface area is 122 Å². The maximum absolute atomic E-state index is 12.5. The number of nitro benzene ring substituents is 1. The highest BCUT2D eigenvalue weighted by molar-refractivity contribution is 5.87. The first-order chi connectivity index (χ1) is 10.2. The number of ketones is 1. The number of hydrogen-bond donors (Lipinski definition) is 1. The summed E-state index contributed by atoms with van der Waals surface area (Å²) in [5.41, 5.74) is -0.549. The normalized spacial score (nSPS) is 12.5. The van der Waals surface area contributed by atoms with Crippen LogP contribution < -0.4 is 0 Å². The monoisotopic (exact) mass is 320 g/mol. The molecule has 0 bridgehead atoms. The van der Waals surface area contributed by atoms with Gasteiger partial charge < -0.3 is 0 Å². The number of carbonyl (C=O) groups excluding carboxylic acids is 2. The topological polar surface area (TPSA) is 101 Å². The largest absolute Gasteiger partial charge is 0.450 e. The molecule has 7 nitrogen and oxygen atoms in total. The van der Waals surface area contributed by atoms with E-state index in [1.807, 2.05) is 0 Å². The fourth-order valence-electron chi connectivity index (χ4n) is 1.87. The van der Waals surface area contributed by atoms with Crippen LogP contribution in [0.1, 0.15) is 5.56 Å². The number of amides is 1. The van der Waals surface area contributed by atoms with Gasteiger partial charge in [-0.3, -0.25) is 24.9 Å². The third-order valence-electron chi connectivity index (χ3n) is 2.83. The maximum atomic E-state index is 12.5. The second-order valence-corrected chi connectivity index (χ2v) is 4.38. The molecule has 0 saturated carbocycles. The summed E-state index contributed by atoms with van der Waals surface area (Å²) < 4.78 is 37.6. The highest BCUT2D eigenvalue weighted by atomic mass is 19.4. The van der Waals surface area contributed by atoms with Gasteiger partial charge in [0, 0.05) is 11.6 Å². The summed E-state index contributed by atoms with van der Waals surface area (Å²) >= 11 is 0. The van der Waals surface area contributed by atoms with Crippen LogP contribution in [0.4, 0.5) is 18.9 Å². The molecule has 0 aromatic heterocycles. The van der Waals surface area contributed by atoms with Crippen LogP contribution in [-0.4, -0.2) is 40.1 Å². The van der Waals surface area contributed by atoms with Crippen molar-refractivity contribution in [3.05, 3.63) is 39.9 Å². The zero-order chi connectivity index (χ0) is 16.9. The van der Waals surface area contributed by atoms with Crippen molar-refractivity contribution in [1.82, 2.24) is 5.06 Å². The van der Waals surface area contributed by atoms with Gasteiger partial charge in [-0.2, -0.15) is 13.2 Å². The van der Waals surface area contributed by atoms with Gasteiger partial charge in [-0.25, -0.2) is 5.06 Å². The van der Waals surface area contributed by atoms with Crippen molar-refractivity contribution in [2.75, 3.05) is 6.54 Å². The fraction of sp³-hybridized carbons (Fsp3) is 0.333. The molecule has 0 aliphatic rings. The predicted octanol–water partition coefficient (Wildman–Crippen LogP) is 1.73. The summed E-state index contributed by atoms with van der Waals surface area (Å²) in [5, 5.41) is 19.7. The van der Waals surface area contributed by atoms with E-state index in [1.54, 1.807) is 0 Å². The lowest BCUT2D eigenvalue weighted by molar-refractivity contribution is -0.385. The van der Waals surface area contributed by atoms with E-state index in [1.165, 1.54) is 18.2 Å². The Balaban J connectivity index is 3.11. The van der Waals surface area contributed by atoms with Crippen molar-refractivity contribution in [3.8, 4) is 0 Å². The highest BCUT2D eigenvalue weighted by Gasteiger charge is 2.44. The van der Waals surface area contributed by atoms with Crippen LogP contribution in [0, 0.1) is 16.0 Å². The van der Waals surface area contributed by atoms with Crippen molar-refractivity contribution in [2.45, 2.75) is 12.6 Å². The molecule has 1 rings (SSSR count). The number of rotatable bonds is 7. The van der Waals surface area contributed by atoms with E-state index in [2.05, 4.69) is 0 Å². The van der Waals surface area contributed by atoms with Gasteiger partial charge in [-0.1, -0.05) is 18.2 Å². The molecule has 22 heavy (non-hydrogen) atoms. The number of nitrogens with zero attached hydrogens (tertiary/aromatic N) is 2. The molecule has 10 heteroatoms. The number of Topliss-reactive ketones (excluding diaryl/α,β-unsaturated/α-hetero) is 1. The van der Waals surface area contributed by atoms with E-state index in [-0.39, 0.29) is 17.0 Å².